The Balaban J connectivity index is 2.44. The van der Waals surface area contributed by atoms with Gasteiger partial charge in [-0.15, -0.1) is 0 Å². The Bertz CT molecular complexity index is 257. The highest BCUT2D eigenvalue weighted by Crippen LogP contribution is 2.26. The van der Waals surface area contributed by atoms with Gasteiger partial charge in [0.15, 0.2) is 0 Å². The molecule has 0 aliphatic carbocycles. The number of para-hydroxylation sites is 1. The topological polar surface area (TPSA) is 38.0 Å². The molecule has 2 rings (SSSR count). The molecule has 0 saturated carbocycles. The molecule has 2 heteroatoms. The smallest absolute Gasteiger partial charge is 0.0388 e. The van der Waals surface area contributed by atoms with Crippen LogP contribution in [0, 0.1) is 0 Å². The highest BCUT2D eigenvalue weighted by Gasteiger charge is 2.14. The minimum absolute atomic E-state index is 0.229. The van der Waals surface area contributed by atoms with E-state index in [4.69, 9.17) is 5.73 Å². The zero-order chi connectivity index (χ0) is 7.68. The first-order valence-corrected chi connectivity index (χ1v) is 3.96. The first-order valence-electron chi connectivity index (χ1n) is 3.96. The molecule has 2 nitrogen and oxygen atoms in total. The normalized spacial score (nSPS) is 22.1. The van der Waals surface area contributed by atoms with Crippen molar-refractivity contribution in [2.45, 2.75) is 12.5 Å². The van der Waals surface area contributed by atoms with Gasteiger partial charge >= 0.3 is 0 Å². The Kier molecular flexibility index (Phi) is 1.55. The molecule has 3 N–H and O–H groups in total. The lowest BCUT2D eigenvalue weighted by atomic mass is 9.99. The average Bonchev–Trinajstić information content (AvgIpc) is 2.06. The molecule has 1 unspecified atom stereocenters. The Morgan fingerprint density at radius 1 is 1.36 bits per heavy atom. The predicted octanol–water partition coefficient (Wildman–Crippen LogP) is 1.50. The van der Waals surface area contributed by atoms with Crippen molar-refractivity contribution in [3.05, 3.63) is 29.8 Å². The third-order valence-electron chi connectivity index (χ3n) is 2.13. The van der Waals surface area contributed by atoms with Crippen LogP contribution >= 0.6 is 0 Å². The Morgan fingerprint density at radius 2 is 2.18 bits per heavy atom. The van der Waals surface area contributed by atoms with Crippen molar-refractivity contribution in [2.24, 2.45) is 5.73 Å². The van der Waals surface area contributed by atoms with E-state index in [1.54, 1.807) is 0 Å². The molecule has 1 aromatic carbocycles. The van der Waals surface area contributed by atoms with E-state index < -0.39 is 0 Å². The molecule has 0 fully saturated rings. The molecule has 0 spiro atoms. The maximum absolute atomic E-state index is 5.91. The molecule has 0 radical (unpaired) electrons. The van der Waals surface area contributed by atoms with Crippen molar-refractivity contribution in [2.75, 3.05) is 11.9 Å². The lowest BCUT2D eigenvalue weighted by Gasteiger charge is -2.23. The van der Waals surface area contributed by atoms with E-state index in [9.17, 15) is 0 Å². The first kappa shape index (κ1) is 6.68. The van der Waals surface area contributed by atoms with E-state index in [2.05, 4.69) is 17.4 Å². The van der Waals surface area contributed by atoms with Crippen LogP contribution in [0.15, 0.2) is 24.3 Å². The molecule has 11 heavy (non-hydrogen) atoms. The Labute approximate surface area is 66.4 Å². The summed E-state index contributed by atoms with van der Waals surface area (Å²) in [6, 6.07) is 8.46. The first-order chi connectivity index (χ1) is 5.38. The minimum atomic E-state index is 0.229. The van der Waals surface area contributed by atoms with E-state index in [-0.39, 0.29) is 6.04 Å². The fourth-order valence-electron chi connectivity index (χ4n) is 1.50. The van der Waals surface area contributed by atoms with Gasteiger partial charge in [-0.05, 0) is 18.1 Å². The summed E-state index contributed by atoms with van der Waals surface area (Å²) in [6.45, 7) is 0.998. The van der Waals surface area contributed by atoms with Gasteiger partial charge in [0.25, 0.3) is 0 Å². The second-order valence-electron chi connectivity index (χ2n) is 2.91. The molecular formula is C9H12N2. The second kappa shape index (κ2) is 2.55. The monoisotopic (exact) mass is 148 g/mol. The predicted molar refractivity (Wildman–Crippen MR) is 46.5 cm³/mol. The molecule has 0 bridgehead atoms. The van der Waals surface area contributed by atoms with E-state index in [1.165, 1.54) is 11.3 Å². The van der Waals surface area contributed by atoms with Crippen molar-refractivity contribution in [1.82, 2.24) is 0 Å². The van der Waals surface area contributed by atoms with Crippen molar-refractivity contribution >= 4 is 5.69 Å². The molecule has 1 aliphatic rings. The molecule has 1 aromatic rings. The Hall–Kier alpha value is -1.02. The quantitative estimate of drug-likeness (QED) is 0.585. The van der Waals surface area contributed by atoms with Gasteiger partial charge in [-0.25, -0.2) is 0 Å². The van der Waals surface area contributed by atoms with Gasteiger partial charge in [-0.1, -0.05) is 18.2 Å². The third-order valence-corrected chi connectivity index (χ3v) is 2.13. The average molecular weight is 148 g/mol. The number of hydrogen-bond donors (Lipinski definition) is 2. The van der Waals surface area contributed by atoms with E-state index in [0.717, 1.165) is 13.0 Å². The third kappa shape index (κ3) is 1.10. The van der Waals surface area contributed by atoms with Gasteiger partial charge in [0.2, 0.25) is 0 Å². The maximum atomic E-state index is 5.91. The lowest BCUT2D eigenvalue weighted by molar-refractivity contribution is 0.655. The van der Waals surface area contributed by atoms with Gasteiger partial charge in [0, 0.05) is 18.3 Å². The van der Waals surface area contributed by atoms with Crippen molar-refractivity contribution in [3.63, 3.8) is 0 Å². The number of fused-ring (bicyclic) bond motifs is 1. The number of rotatable bonds is 0. The van der Waals surface area contributed by atoms with Crippen molar-refractivity contribution in [1.29, 1.82) is 0 Å². The summed E-state index contributed by atoms with van der Waals surface area (Å²) in [4.78, 5) is 0. The van der Waals surface area contributed by atoms with Gasteiger partial charge in [-0.2, -0.15) is 0 Å². The van der Waals surface area contributed by atoms with Gasteiger partial charge < -0.3 is 11.1 Å². The SMILES string of the molecule is NC1CCNc2ccccc21. The summed E-state index contributed by atoms with van der Waals surface area (Å²) < 4.78 is 0. The van der Waals surface area contributed by atoms with Crippen molar-refractivity contribution in [3.8, 4) is 0 Å². The molecule has 1 aliphatic heterocycles. The summed E-state index contributed by atoms with van der Waals surface area (Å²) >= 11 is 0. The number of anilines is 1. The molecule has 1 heterocycles. The molecular weight excluding hydrogens is 136 g/mol. The van der Waals surface area contributed by atoms with E-state index >= 15 is 0 Å². The second-order valence-corrected chi connectivity index (χ2v) is 2.91. The van der Waals surface area contributed by atoms with Gasteiger partial charge in [0.05, 0.1) is 0 Å². The summed E-state index contributed by atoms with van der Waals surface area (Å²) in [5, 5.41) is 3.31. The summed E-state index contributed by atoms with van der Waals surface area (Å²) in [7, 11) is 0. The lowest BCUT2D eigenvalue weighted by Crippen LogP contribution is -2.22. The number of nitrogens with one attached hydrogen (secondary N) is 1. The van der Waals surface area contributed by atoms with Crippen LogP contribution < -0.4 is 11.1 Å². The van der Waals surface area contributed by atoms with Crippen LogP contribution in [0.2, 0.25) is 0 Å². The highest BCUT2D eigenvalue weighted by atomic mass is 14.9. The maximum Gasteiger partial charge on any atom is 0.0388 e. The van der Waals surface area contributed by atoms with Crippen LogP contribution in [0.1, 0.15) is 18.0 Å². The van der Waals surface area contributed by atoms with Crippen LogP contribution in [0.25, 0.3) is 0 Å². The molecule has 0 saturated heterocycles. The summed E-state index contributed by atoms with van der Waals surface area (Å²) in [5.41, 5.74) is 8.36. The van der Waals surface area contributed by atoms with Crippen LogP contribution in [-0.2, 0) is 0 Å². The van der Waals surface area contributed by atoms with Gasteiger partial charge in [0.1, 0.15) is 0 Å². The minimum Gasteiger partial charge on any atom is -0.385 e. The van der Waals surface area contributed by atoms with E-state index in [1.807, 2.05) is 12.1 Å². The molecule has 0 amide bonds. The van der Waals surface area contributed by atoms with Crippen molar-refractivity contribution < 1.29 is 0 Å². The van der Waals surface area contributed by atoms with Gasteiger partial charge in [-0.3, -0.25) is 0 Å². The standard InChI is InChI=1S/C9H12N2/c10-8-5-6-11-9-4-2-1-3-7(8)9/h1-4,8,11H,5-6,10H2. The van der Waals surface area contributed by atoms with Crippen LogP contribution in [-0.4, -0.2) is 6.54 Å². The summed E-state index contributed by atoms with van der Waals surface area (Å²) in [6.07, 6.45) is 1.04. The van der Waals surface area contributed by atoms with Crippen LogP contribution in [0.3, 0.4) is 0 Å². The molecule has 0 aromatic heterocycles. The molecule has 1 atom stereocenters. The number of nitrogens with two attached hydrogens (primary N) is 1. The van der Waals surface area contributed by atoms with E-state index in [0.29, 0.717) is 0 Å². The van der Waals surface area contributed by atoms with Crippen LogP contribution in [0.5, 0.6) is 0 Å². The largest absolute Gasteiger partial charge is 0.385 e. The molecule has 58 valence electrons. The number of benzene rings is 1. The fraction of sp³-hybridized carbons (Fsp3) is 0.333. The Morgan fingerprint density at radius 3 is 3.00 bits per heavy atom. The van der Waals surface area contributed by atoms with Crippen LogP contribution in [0.4, 0.5) is 5.69 Å². The fourth-order valence-corrected chi connectivity index (χ4v) is 1.50. The highest BCUT2D eigenvalue weighted by molar-refractivity contribution is 5.54. The zero-order valence-corrected chi connectivity index (χ0v) is 6.38. The summed E-state index contributed by atoms with van der Waals surface area (Å²) in [5.74, 6) is 0. The number of hydrogen-bond acceptors (Lipinski definition) is 2. The zero-order valence-electron chi connectivity index (χ0n) is 6.38.